The zero-order chi connectivity index (χ0) is 16.8. The second-order valence-corrected chi connectivity index (χ2v) is 8.51. The number of benzene rings is 1. The van der Waals surface area contributed by atoms with Crippen LogP contribution in [0, 0.1) is 30.5 Å². The lowest BCUT2D eigenvalue weighted by molar-refractivity contribution is 0.162. The van der Waals surface area contributed by atoms with Crippen LogP contribution in [0.4, 0.5) is 4.39 Å². The quantitative estimate of drug-likeness (QED) is 0.482. The molecule has 1 heteroatoms. The Bertz CT molecular complexity index is 493. The van der Waals surface area contributed by atoms with Gasteiger partial charge in [-0.05, 0) is 67.6 Å². The minimum Gasteiger partial charge on any atom is -0.207 e. The Balaban J connectivity index is 1.31. The van der Waals surface area contributed by atoms with Crippen LogP contribution in [0.5, 0.6) is 0 Å². The van der Waals surface area contributed by atoms with Crippen LogP contribution in [0.1, 0.15) is 88.2 Å². The third-order valence-electron chi connectivity index (χ3n) is 6.77. The maximum absolute atomic E-state index is 13.6. The standard InChI is InChI=1S/C23H35F/c1-18-11-12-20(17-23(18)24)8-6-5-7-19-13-15-22(16-14-19)21-9-3-2-4-10-21/h11-12,17,19,21-22H,2-10,13-16H2,1H3. The first-order valence-corrected chi connectivity index (χ1v) is 10.5. The lowest BCUT2D eigenvalue weighted by Gasteiger charge is -2.36. The minimum atomic E-state index is -0.0477. The number of hydrogen-bond donors (Lipinski definition) is 0. The highest BCUT2D eigenvalue weighted by Crippen LogP contribution is 2.41. The van der Waals surface area contributed by atoms with Crippen LogP contribution >= 0.6 is 0 Å². The van der Waals surface area contributed by atoms with Gasteiger partial charge in [-0.15, -0.1) is 0 Å². The van der Waals surface area contributed by atoms with Gasteiger partial charge in [-0.2, -0.15) is 0 Å². The summed E-state index contributed by atoms with van der Waals surface area (Å²) < 4.78 is 13.6. The lowest BCUT2D eigenvalue weighted by Crippen LogP contribution is -2.23. The molecule has 0 radical (unpaired) electrons. The minimum absolute atomic E-state index is 0.0477. The Hall–Kier alpha value is -0.850. The van der Waals surface area contributed by atoms with E-state index >= 15 is 0 Å². The largest absolute Gasteiger partial charge is 0.207 e. The van der Waals surface area contributed by atoms with Gasteiger partial charge in [-0.3, -0.25) is 0 Å². The van der Waals surface area contributed by atoms with E-state index in [-0.39, 0.29) is 5.82 Å². The summed E-state index contributed by atoms with van der Waals surface area (Å²) in [4.78, 5) is 0. The molecule has 0 saturated heterocycles. The van der Waals surface area contributed by atoms with Gasteiger partial charge in [-0.1, -0.05) is 69.9 Å². The molecule has 2 saturated carbocycles. The highest BCUT2D eigenvalue weighted by atomic mass is 19.1. The number of halogens is 1. The zero-order valence-corrected chi connectivity index (χ0v) is 15.5. The third-order valence-corrected chi connectivity index (χ3v) is 6.77. The second-order valence-electron chi connectivity index (χ2n) is 8.51. The van der Waals surface area contributed by atoms with Crippen LogP contribution in [0.25, 0.3) is 0 Å². The van der Waals surface area contributed by atoms with Crippen molar-refractivity contribution in [1.29, 1.82) is 0 Å². The summed E-state index contributed by atoms with van der Waals surface area (Å²) in [6, 6.07) is 5.73. The number of unbranched alkanes of at least 4 members (excludes halogenated alkanes) is 1. The molecular weight excluding hydrogens is 295 g/mol. The molecule has 0 aliphatic heterocycles. The molecule has 2 aliphatic rings. The normalized spacial score (nSPS) is 25.8. The molecule has 24 heavy (non-hydrogen) atoms. The first kappa shape index (κ1) is 18.0. The fourth-order valence-corrected chi connectivity index (χ4v) is 5.11. The number of rotatable bonds is 6. The molecule has 0 amide bonds. The van der Waals surface area contributed by atoms with E-state index in [4.69, 9.17) is 0 Å². The van der Waals surface area contributed by atoms with Crippen molar-refractivity contribution in [2.45, 2.75) is 90.4 Å². The average Bonchev–Trinajstić information content (AvgIpc) is 2.63. The smallest absolute Gasteiger partial charge is 0.126 e. The Morgan fingerprint density at radius 2 is 1.58 bits per heavy atom. The van der Waals surface area contributed by atoms with Crippen molar-refractivity contribution < 1.29 is 4.39 Å². The van der Waals surface area contributed by atoms with E-state index in [1.807, 2.05) is 13.0 Å². The van der Waals surface area contributed by atoms with Crippen molar-refractivity contribution >= 4 is 0 Å². The average molecular weight is 331 g/mol. The Labute approximate surface area is 148 Å². The molecule has 0 atom stereocenters. The van der Waals surface area contributed by atoms with Crippen molar-refractivity contribution in [3.05, 3.63) is 35.1 Å². The maximum atomic E-state index is 13.6. The lowest BCUT2D eigenvalue weighted by atomic mass is 9.70. The van der Waals surface area contributed by atoms with Crippen LogP contribution < -0.4 is 0 Å². The van der Waals surface area contributed by atoms with E-state index in [2.05, 4.69) is 6.07 Å². The summed E-state index contributed by atoms with van der Waals surface area (Å²) in [6.45, 7) is 1.84. The molecule has 1 aromatic rings. The van der Waals surface area contributed by atoms with Crippen LogP contribution in [0.3, 0.4) is 0 Å². The van der Waals surface area contributed by atoms with E-state index in [0.29, 0.717) is 0 Å². The van der Waals surface area contributed by atoms with Gasteiger partial charge in [0.25, 0.3) is 0 Å². The molecular formula is C23H35F. The fraction of sp³-hybridized carbons (Fsp3) is 0.739. The summed E-state index contributed by atoms with van der Waals surface area (Å²) in [5.74, 6) is 3.04. The zero-order valence-electron chi connectivity index (χ0n) is 15.5. The Morgan fingerprint density at radius 1 is 0.875 bits per heavy atom. The molecule has 0 heterocycles. The van der Waals surface area contributed by atoms with Crippen LogP contribution in [0.2, 0.25) is 0 Å². The number of aryl methyl sites for hydroxylation is 2. The van der Waals surface area contributed by atoms with Crippen LogP contribution in [0.15, 0.2) is 18.2 Å². The SMILES string of the molecule is Cc1ccc(CCCCC2CCC(C3CCCCC3)CC2)cc1F. The van der Waals surface area contributed by atoms with Gasteiger partial charge in [0.2, 0.25) is 0 Å². The van der Waals surface area contributed by atoms with E-state index in [1.54, 1.807) is 6.07 Å². The molecule has 0 nitrogen and oxygen atoms in total. The second kappa shape index (κ2) is 9.02. The van der Waals surface area contributed by atoms with Crippen molar-refractivity contribution in [2.24, 2.45) is 17.8 Å². The Morgan fingerprint density at radius 3 is 2.29 bits per heavy atom. The topological polar surface area (TPSA) is 0 Å². The van der Waals surface area contributed by atoms with E-state index in [0.717, 1.165) is 29.7 Å². The summed E-state index contributed by atoms with van der Waals surface area (Å²) in [5.41, 5.74) is 1.92. The first-order chi connectivity index (χ1) is 11.7. The van der Waals surface area contributed by atoms with Gasteiger partial charge in [0.05, 0.1) is 0 Å². The van der Waals surface area contributed by atoms with Crippen molar-refractivity contribution in [1.82, 2.24) is 0 Å². The van der Waals surface area contributed by atoms with Crippen molar-refractivity contribution in [3.8, 4) is 0 Å². The molecule has 1 aromatic carbocycles. The van der Waals surface area contributed by atoms with E-state index in [9.17, 15) is 4.39 Å². The molecule has 0 unspecified atom stereocenters. The molecule has 3 rings (SSSR count). The van der Waals surface area contributed by atoms with Gasteiger partial charge >= 0.3 is 0 Å². The van der Waals surface area contributed by atoms with Gasteiger partial charge < -0.3 is 0 Å². The summed E-state index contributed by atoms with van der Waals surface area (Å²) in [5, 5.41) is 0. The van der Waals surface area contributed by atoms with E-state index in [1.165, 1.54) is 82.6 Å². The Kier molecular flexibility index (Phi) is 6.75. The van der Waals surface area contributed by atoms with Gasteiger partial charge in [0.1, 0.15) is 5.82 Å². The van der Waals surface area contributed by atoms with Gasteiger partial charge in [0.15, 0.2) is 0 Å². The van der Waals surface area contributed by atoms with Gasteiger partial charge in [0, 0.05) is 0 Å². The van der Waals surface area contributed by atoms with Crippen LogP contribution in [-0.2, 0) is 6.42 Å². The summed E-state index contributed by atoms with van der Waals surface area (Å²) in [7, 11) is 0. The van der Waals surface area contributed by atoms with Gasteiger partial charge in [-0.25, -0.2) is 4.39 Å². The summed E-state index contributed by atoms with van der Waals surface area (Å²) >= 11 is 0. The summed E-state index contributed by atoms with van der Waals surface area (Å²) in [6.07, 6.45) is 18.4. The highest BCUT2D eigenvalue weighted by molar-refractivity contribution is 5.23. The maximum Gasteiger partial charge on any atom is 0.126 e. The predicted molar refractivity (Wildman–Crippen MR) is 101 cm³/mol. The third kappa shape index (κ3) is 5.07. The first-order valence-electron chi connectivity index (χ1n) is 10.5. The molecule has 2 aliphatic carbocycles. The van der Waals surface area contributed by atoms with Crippen molar-refractivity contribution in [3.63, 3.8) is 0 Å². The van der Waals surface area contributed by atoms with E-state index < -0.39 is 0 Å². The molecule has 0 spiro atoms. The molecule has 0 bridgehead atoms. The monoisotopic (exact) mass is 330 g/mol. The number of hydrogen-bond acceptors (Lipinski definition) is 0. The molecule has 2 fully saturated rings. The highest BCUT2D eigenvalue weighted by Gasteiger charge is 2.28. The molecule has 0 aromatic heterocycles. The fourth-order valence-electron chi connectivity index (χ4n) is 5.11. The van der Waals surface area contributed by atoms with Crippen molar-refractivity contribution in [2.75, 3.05) is 0 Å². The molecule has 134 valence electrons. The van der Waals surface area contributed by atoms with Crippen LogP contribution in [-0.4, -0.2) is 0 Å². The predicted octanol–water partition coefficient (Wildman–Crippen LogP) is 7.23. The molecule has 0 N–H and O–H groups in total.